The van der Waals surface area contributed by atoms with Crippen LogP contribution in [0.4, 0.5) is 0 Å². The van der Waals surface area contributed by atoms with Crippen LogP contribution in [-0.4, -0.2) is 28.6 Å². The zero-order valence-electron chi connectivity index (χ0n) is 10.1. The van der Waals surface area contributed by atoms with Gasteiger partial charge in [0.25, 0.3) is 0 Å². The zero-order valence-corrected chi connectivity index (χ0v) is 10.1. The number of terminal acetylenes is 1. The molecule has 1 saturated heterocycles. The number of aliphatic hydroxyl groups excluding tert-OH is 1. The maximum absolute atomic E-state index is 10.1. The van der Waals surface area contributed by atoms with E-state index >= 15 is 0 Å². The van der Waals surface area contributed by atoms with Crippen LogP contribution in [0.2, 0.25) is 0 Å². The smallest absolute Gasteiger partial charge is 0.0903 e. The number of hydrogen-bond donors (Lipinski definition) is 1. The quantitative estimate of drug-likeness (QED) is 0.806. The van der Waals surface area contributed by atoms with Gasteiger partial charge in [0.1, 0.15) is 0 Å². The van der Waals surface area contributed by atoms with Crippen LogP contribution in [0.3, 0.4) is 0 Å². The fourth-order valence-corrected chi connectivity index (χ4v) is 2.52. The Hall–Kier alpha value is -1.37. The number of pyridine rings is 1. The molecule has 0 bridgehead atoms. The summed E-state index contributed by atoms with van der Waals surface area (Å²) in [6.07, 6.45) is 10.9. The average Bonchev–Trinajstić information content (AvgIpc) is 2.76. The summed E-state index contributed by atoms with van der Waals surface area (Å²) in [5.41, 5.74) is 2.05. The molecule has 1 N–H and O–H groups in total. The number of aliphatic hydroxyl groups is 1. The molecule has 0 saturated carbocycles. The van der Waals surface area contributed by atoms with E-state index < -0.39 is 6.10 Å². The summed E-state index contributed by atoms with van der Waals surface area (Å²) in [6, 6.07) is 2.25. The number of nitrogens with zero attached hydrogens (tertiary/aromatic N) is 2. The first-order valence-electron chi connectivity index (χ1n) is 5.99. The first-order chi connectivity index (χ1) is 8.24. The number of aromatic nitrogens is 1. The Kier molecular flexibility index (Phi) is 3.78. The highest BCUT2D eigenvalue weighted by atomic mass is 16.3. The molecule has 0 spiro atoms. The standard InChI is InChI=1S/C14H18N2O/c1-3-5-14(17)11-7-8-15-10-12(11)13-6-4-9-16(13)2/h1,7-8,10,13-14,17H,4-6,9H2,2H3. The lowest BCUT2D eigenvalue weighted by Gasteiger charge is -2.23. The van der Waals surface area contributed by atoms with Gasteiger partial charge in [-0.05, 0) is 43.6 Å². The Morgan fingerprint density at radius 3 is 3.18 bits per heavy atom. The van der Waals surface area contributed by atoms with Crippen LogP contribution < -0.4 is 0 Å². The van der Waals surface area contributed by atoms with E-state index in [0.29, 0.717) is 12.5 Å². The van der Waals surface area contributed by atoms with Crippen molar-refractivity contribution in [3.63, 3.8) is 0 Å². The Balaban J connectivity index is 2.30. The van der Waals surface area contributed by atoms with Crippen molar-refractivity contribution in [1.82, 2.24) is 9.88 Å². The maximum Gasteiger partial charge on any atom is 0.0903 e. The molecule has 3 nitrogen and oxygen atoms in total. The van der Waals surface area contributed by atoms with E-state index in [1.165, 1.54) is 6.42 Å². The summed E-state index contributed by atoms with van der Waals surface area (Å²) >= 11 is 0. The van der Waals surface area contributed by atoms with Crippen molar-refractivity contribution < 1.29 is 5.11 Å². The topological polar surface area (TPSA) is 36.4 Å². The van der Waals surface area contributed by atoms with E-state index in [4.69, 9.17) is 6.42 Å². The molecule has 90 valence electrons. The third kappa shape index (κ3) is 2.49. The normalized spacial score (nSPS) is 22.3. The van der Waals surface area contributed by atoms with Crippen molar-refractivity contribution in [2.45, 2.75) is 31.4 Å². The largest absolute Gasteiger partial charge is 0.387 e. The molecule has 0 aromatic carbocycles. The fraction of sp³-hybridized carbons (Fsp3) is 0.500. The third-order valence-electron chi connectivity index (χ3n) is 3.44. The Morgan fingerprint density at radius 2 is 2.53 bits per heavy atom. The molecule has 1 fully saturated rings. The third-order valence-corrected chi connectivity index (χ3v) is 3.44. The summed E-state index contributed by atoms with van der Waals surface area (Å²) in [5.74, 6) is 2.51. The van der Waals surface area contributed by atoms with E-state index in [2.05, 4.69) is 22.9 Å². The van der Waals surface area contributed by atoms with E-state index in [0.717, 1.165) is 24.1 Å². The fourth-order valence-electron chi connectivity index (χ4n) is 2.52. The van der Waals surface area contributed by atoms with Crippen molar-refractivity contribution in [2.24, 2.45) is 0 Å². The molecule has 0 amide bonds. The number of hydrogen-bond acceptors (Lipinski definition) is 3. The van der Waals surface area contributed by atoms with Gasteiger partial charge in [0.05, 0.1) is 6.10 Å². The van der Waals surface area contributed by atoms with Gasteiger partial charge in [-0.1, -0.05) is 0 Å². The first-order valence-corrected chi connectivity index (χ1v) is 5.99. The van der Waals surface area contributed by atoms with Gasteiger partial charge in [-0.15, -0.1) is 12.3 Å². The van der Waals surface area contributed by atoms with Crippen LogP contribution in [0.5, 0.6) is 0 Å². The molecule has 2 unspecified atom stereocenters. The molecule has 2 atom stereocenters. The summed E-state index contributed by atoms with van der Waals surface area (Å²) < 4.78 is 0. The van der Waals surface area contributed by atoms with Crippen LogP contribution in [0.25, 0.3) is 0 Å². The highest BCUT2D eigenvalue weighted by Gasteiger charge is 2.26. The summed E-state index contributed by atoms with van der Waals surface area (Å²) in [4.78, 5) is 6.49. The van der Waals surface area contributed by atoms with E-state index in [1.807, 2.05) is 12.3 Å². The van der Waals surface area contributed by atoms with Crippen LogP contribution in [0.1, 0.15) is 42.5 Å². The van der Waals surface area contributed by atoms with Gasteiger partial charge in [0.15, 0.2) is 0 Å². The van der Waals surface area contributed by atoms with Crippen LogP contribution >= 0.6 is 0 Å². The highest BCUT2D eigenvalue weighted by Crippen LogP contribution is 2.34. The lowest BCUT2D eigenvalue weighted by atomic mass is 9.96. The summed E-state index contributed by atoms with van der Waals surface area (Å²) in [6.45, 7) is 1.10. The molecule has 1 aromatic heterocycles. The Labute approximate surface area is 102 Å². The van der Waals surface area contributed by atoms with Gasteiger partial charge in [0, 0.05) is 24.9 Å². The number of rotatable bonds is 3. The molecular weight excluding hydrogens is 212 g/mol. The van der Waals surface area contributed by atoms with Gasteiger partial charge in [0.2, 0.25) is 0 Å². The van der Waals surface area contributed by atoms with Gasteiger partial charge in [-0.3, -0.25) is 9.88 Å². The second kappa shape index (κ2) is 5.31. The van der Waals surface area contributed by atoms with Crippen molar-refractivity contribution >= 4 is 0 Å². The molecule has 1 aliphatic heterocycles. The van der Waals surface area contributed by atoms with Crippen molar-refractivity contribution in [1.29, 1.82) is 0 Å². The summed E-state index contributed by atoms with van der Waals surface area (Å²) in [7, 11) is 2.11. The van der Waals surface area contributed by atoms with Crippen molar-refractivity contribution in [3.05, 3.63) is 29.6 Å². The molecule has 2 heterocycles. The molecule has 1 aliphatic rings. The zero-order chi connectivity index (χ0) is 12.3. The van der Waals surface area contributed by atoms with E-state index in [1.54, 1.807) is 6.20 Å². The van der Waals surface area contributed by atoms with Crippen molar-refractivity contribution in [2.75, 3.05) is 13.6 Å². The van der Waals surface area contributed by atoms with Gasteiger partial charge in [-0.2, -0.15) is 0 Å². The van der Waals surface area contributed by atoms with Gasteiger partial charge < -0.3 is 5.11 Å². The highest BCUT2D eigenvalue weighted by molar-refractivity contribution is 5.30. The maximum atomic E-state index is 10.1. The number of likely N-dealkylation sites (tertiary alicyclic amines) is 1. The predicted octanol–water partition coefficient (Wildman–Crippen LogP) is 1.90. The summed E-state index contributed by atoms with van der Waals surface area (Å²) in [5, 5.41) is 10.1. The minimum Gasteiger partial charge on any atom is -0.387 e. The average molecular weight is 230 g/mol. The molecule has 0 radical (unpaired) electrons. The van der Waals surface area contributed by atoms with E-state index in [9.17, 15) is 5.11 Å². The molecule has 1 aromatic rings. The minimum absolute atomic E-state index is 0.355. The Bertz CT molecular complexity index is 424. The van der Waals surface area contributed by atoms with E-state index in [-0.39, 0.29) is 0 Å². The van der Waals surface area contributed by atoms with Gasteiger partial charge >= 0.3 is 0 Å². The van der Waals surface area contributed by atoms with Gasteiger partial charge in [-0.25, -0.2) is 0 Å². The lowest BCUT2D eigenvalue weighted by molar-refractivity contribution is 0.180. The minimum atomic E-state index is -0.577. The molecule has 3 heteroatoms. The van der Waals surface area contributed by atoms with Crippen LogP contribution in [-0.2, 0) is 0 Å². The predicted molar refractivity (Wildman–Crippen MR) is 67.3 cm³/mol. The molecule has 0 aliphatic carbocycles. The Morgan fingerprint density at radius 1 is 1.71 bits per heavy atom. The lowest BCUT2D eigenvalue weighted by Crippen LogP contribution is -2.19. The molecule has 17 heavy (non-hydrogen) atoms. The monoisotopic (exact) mass is 230 g/mol. The molecule has 2 rings (SSSR count). The van der Waals surface area contributed by atoms with Crippen molar-refractivity contribution in [3.8, 4) is 12.3 Å². The van der Waals surface area contributed by atoms with Crippen LogP contribution in [0, 0.1) is 12.3 Å². The van der Waals surface area contributed by atoms with Crippen LogP contribution in [0.15, 0.2) is 18.5 Å². The molecular formula is C14H18N2O. The second-order valence-corrected chi connectivity index (χ2v) is 4.57. The first kappa shape index (κ1) is 12.1. The SMILES string of the molecule is C#CCC(O)c1ccncc1C1CCCN1C. The second-order valence-electron chi connectivity index (χ2n) is 4.57.